The van der Waals surface area contributed by atoms with E-state index in [1.54, 1.807) is 0 Å². The number of nitrogens with zero attached hydrogens (tertiary/aromatic N) is 1. The molecule has 0 bridgehead atoms. The third-order valence-electron chi connectivity index (χ3n) is 1.84. The second-order valence-corrected chi connectivity index (χ2v) is 5.40. The van der Waals surface area contributed by atoms with Crippen molar-refractivity contribution in [3.05, 3.63) is 29.3 Å². The molecular weight excluding hydrogens is 234 g/mol. The Balaban J connectivity index is 3.07. The van der Waals surface area contributed by atoms with Crippen molar-refractivity contribution in [1.29, 1.82) is 0 Å². The minimum Gasteiger partial charge on any atom is -0.207 e. The molecule has 0 aliphatic rings. The average molecular weight is 244 g/mol. The van der Waals surface area contributed by atoms with Crippen LogP contribution < -0.4 is 0 Å². The molecule has 0 heterocycles. The van der Waals surface area contributed by atoms with Crippen molar-refractivity contribution in [3.8, 4) is 12.3 Å². The van der Waals surface area contributed by atoms with Gasteiger partial charge in [0.25, 0.3) is 0 Å². The highest BCUT2D eigenvalue weighted by molar-refractivity contribution is 7.89. The number of sulfonamides is 1. The number of rotatable bonds is 3. The van der Waals surface area contributed by atoms with Gasteiger partial charge in [0, 0.05) is 12.1 Å². The minimum atomic E-state index is -3.49. The van der Waals surface area contributed by atoms with E-state index in [0.717, 1.165) is 4.31 Å². The van der Waals surface area contributed by atoms with Crippen molar-refractivity contribution >= 4 is 21.6 Å². The lowest BCUT2D eigenvalue weighted by Crippen LogP contribution is -2.27. The topological polar surface area (TPSA) is 37.4 Å². The summed E-state index contributed by atoms with van der Waals surface area (Å²) in [4.78, 5) is 0.185. The first-order chi connectivity index (χ1) is 6.98. The SMILES string of the molecule is C#CCN(C)S(=O)(=O)c1ccc(Cl)cc1. The summed E-state index contributed by atoms with van der Waals surface area (Å²) in [6.07, 6.45) is 5.05. The van der Waals surface area contributed by atoms with Crippen LogP contribution in [0.25, 0.3) is 0 Å². The second-order valence-electron chi connectivity index (χ2n) is 2.92. The Morgan fingerprint density at radius 1 is 1.40 bits per heavy atom. The van der Waals surface area contributed by atoms with E-state index >= 15 is 0 Å². The highest BCUT2D eigenvalue weighted by Crippen LogP contribution is 2.16. The molecule has 80 valence electrons. The summed E-state index contributed by atoms with van der Waals surface area (Å²) >= 11 is 5.66. The van der Waals surface area contributed by atoms with Crippen LogP contribution in [0.4, 0.5) is 0 Å². The number of hydrogen-bond donors (Lipinski definition) is 0. The summed E-state index contributed by atoms with van der Waals surface area (Å²) in [6, 6.07) is 5.95. The smallest absolute Gasteiger partial charge is 0.207 e. The fourth-order valence-electron chi connectivity index (χ4n) is 1.00. The summed E-state index contributed by atoms with van der Waals surface area (Å²) in [6.45, 7) is 0.0466. The predicted molar refractivity (Wildman–Crippen MR) is 60.1 cm³/mol. The molecule has 0 N–H and O–H groups in total. The lowest BCUT2D eigenvalue weighted by atomic mass is 10.4. The Morgan fingerprint density at radius 3 is 2.40 bits per heavy atom. The number of terminal acetylenes is 1. The fraction of sp³-hybridized carbons (Fsp3) is 0.200. The zero-order chi connectivity index (χ0) is 11.5. The molecule has 1 aromatic carbocycles. The zero-order valence-corrected chi connectivity index (χ0v) is 9.72. The first-order valence-corrected chi connectivity index (χ1v) is 5.95. The van der Waals surface area contributed by atoms with Crippen molar-refractivity contribution in [2.45, 2.75) is 4.90 Å². The molecule has 0 saturated carbocycles. The minimum absolute atomic E-state index is 0.0466. The van der Waals surface area contributed by atoms with E-state index < -0.39 is 10.0 Å². The van der Waals surface area contributed by atoms with Crippen LogP contribution in [0.3, 0.4) is 0 Å². The maximum Gasteiger partial charge on any atom is 0.243 e. The Kier molecular flexibility index (Phi) is 3.75. The molecule has 0 aliphatic carbocycles. The van der Waals surface area contributed by atoms with Crippen molar-refractivity contribution in [2.75, 3.05) is 13.6 Å². The highest BCUT2D eigenvalue weighted by atomic mass is 35.5. The maximum atomic E-state index is 11.8. The van der Waals surface area contributed by atoms with Gasteiger partial charge in [-0.15, -0.1) is 6.42 Å². The highest BCUT2D eigenvalue weighted by Gasteiger charge is 2.19. The first-order valence-electron chi connectivity index (χ1n) is 4.14. The van der Waals surface area contributed by atoms with Gasteiger partial charge in [-0.1, -0.05) is 17.5 Å². The van der Waals surface area contributed by atoms with Crippen LogP contribution in [0.15, 0.2) is 29.2 Å². The summed E-state index contributed by atoms with van der Waals surface area (Å²) in [5.41, 5.74) is 0. The Labute approximate surface area is 94.7 Å². The molecule has 0 radical (unpaired) electrons. The monoisotopic (exact) mass is 243 g/mol. The Hall–Kier alpha value is -1.02. The van der Waals surface area contributed by atoms with E-state index in [1.165, 1.54) is 31.3 Å². The van der Waals surface area contributed by atoms with Gasteiger partial charge in [-0.05, 0) is 24.3 Å². The van der Waals surface area contributed by atoms with Gasteiger partial charge in [0.15, 0.2) is 0 Å². The van der Waals surface area contributed by atoms with E-state index in [9.17, 15) is 8.42 Å². The van der Waals surface area contributed by atoms with E-state index in [2.05, 4.69) is 5.92 Å². The lowest BCUT2D eigenvalue weighted by Gasteiger charge is -2.13. The molecule has 0 fully saturated rings. The molecule has 0 spiro atoms. The number of halogens is 1. The van der Waals surface area contributed by atoms with E-state index in [4.69, 9.17) is 18.0 Å². The van der Waals surface area contributed by atoms with Crippen molar-refractivity contribution in [3.63, 3.8) is 0 Å². The molecule has 0 atom stereocenters. The van der Waals surface area contributed by atoms with Gasteiger partial charge >= 0.3 is 0 Å². The van der Waals surface area contributed by atoms with Crippen LogP contribution in [0.5, 0.6) is 0 Å². The van der Waals surface area contributed by atoms with Crippen molar-refractivity contribution < 1.29 is 8.42 Å². The van der Waals surface area contributed by atoms with E-state index in [0.29, 0.717) is 5.02 Å². The fourth-order valence-corrected chi connectivity index (χ4v) is 2.21. The second kappa shape index (κ2) is 4.67. The average Bonchev–Trinajstić information content (AvgIpc) is 2.18. The summed E-state index contributed by atoms with van der Waals surface area (Å²) < 4.78 is 24.7. The largest absolute Gasteiger partial charge is 0.243 e. The molecule has 3 nitrogen and oxygen atoms in total. The van der Waals surface area contributed by atoms with Gasteiger partial charge in [0.05, 0.1) is 11.4 Å². The number of hydrogen-bond acceptors (Lipinski definition) is 2. The van der Waals surface area contributed by atoms with Gasteiger partial charge in [-0.25, -0.2) is 8.42 Å². The van der Waals surface area contributed by atoms with Crippen LogP contribution in [0, 0.1) is 12.3 Å². The first kappa shape index (κ1) is 12.1. The molecule has 5 heteroatoms. The molecule has 0 aliphatic heterocycles. The third-order valence-corrected chi connectivity index (χ3v) is 3.91. The van der Waals surface area contributed by atoms with Gasteiger partial charge in [-0.2, -0.15) is 4.31 Å². The van der Waals surface area contributed by atoms with Crippen LogP contribution in [0.2, 0.25) is 5.02 Å². The summed E-state index contributed by atoms with van der Waals surface area (Å²) in [5.74, 6) is 2.28. The normalized spacial score (nSPS) is 11.3. The van der Waals surface area contributed by atoms with Crippen LogP contribution in [-0.4, -0.2) is 26.3 Å². The molecule has 15 heavy (non-hydrogen) atoms. The quantitative estimate of drug-likeness (QED) is 0.757. The van der Waals surface area contributed by atoms with E-state index in [-0.39, 0.29) is 11.4 Å². The van der Waals surface area contributed by atoms with Crippen LogP contribution in [0.1, 0.15) is 0 Å². The molecule has 0 saturated heterocycles. The molecule has 1 rings (SSSR count). The number of benzene rings is 1. The molecule has 1 aromatic rings. The van der Waals surface area contributed by atoms with Crippen LogP contribution in [-0.2, 0) is 10.0 Å². The third kappa shape index (κ3) is 2.72. The molecule has 0 unspecified atom stereocenters. The summed E-state index contributed by atoms with van der Waals surface area (Å²) in [7, 11) is -2.05. The lowest BCUT2D eigenvalue weighted by molar-refractivity contribution is 0.503. The maximum absolute atomic E-state index is 11.8. The van der Waals surface area contributed by atoms with Gasteiger partial charge < -0.3 is 0 Å². The zero-order valence-electron chi connectivity index (χ0n) is 8.14. The Morgan fingerprint density at radius 2 is 1.93 bits per heavy atom. The molecule has 0 amide bonds. The molecule has 0 aromatic heterocycles. The van der Waals surface area contributed by atoms with Gasteiger partial charge in [-0.3, -0.25) is 0 Å². The van der Waals surface area contributed by atoms with Crippen LogP contribution >= 0.6 is 11.6 Å². The van der Waals surface area contributed by atoms with Gasteiger partial charge in [0.1, 0.15) is 0 Å². The summed E-state index contributed by atoms with van der Waals surface area (Å²) in [5, 5.41) is 0.494. The van der Waals surface area contributed by atoms with E-state index in [1.807, 2.05) is 0 Å². The predicted octanol–water partition coefficient (Wildman–Crippen LogP) is 1.59. The molecular formula is C10H10ClNO2S. The van der Waals surface area contributed by atoms with Gasteiger partial charge in [0.2, 0.25) is 10.0 Å². The van der Waals surface area contributed by atoms with Crippen molar-refractivity contribution in [2.24, 2.45) is 0 Å². The Bertz CT molecular complexity index is 473. The van der Waals surface area contributed by atoms with Crippen molar-refractivity contribution in [1.82, 2.24) is 4.31 Å². The standard InChI is InChI=1S/C10H10ClNO2S/c1-3-8-12(2)15(13,14)10-6-4-9(11)5-7-10/h1,4-7H,8H2,2H3.